The molecular weight excluding hydrogens is 128 g/mol. The van der Waals surface area contributed by atoms with Crippen LogP contribution in [0, 0.1) is 0 Å². The molecule has 0 aliphatic heterocycles. The summed E-state index contributed by atoms with van der Waals surface area (Å²) in [4.78, 5) is 8.35. The molecule has 1 heterocycles. The summed E-state index contributed by atoms with van der Waals surface area (Å²) >= 11 is 0. The second-order valence-corrected chi connectivity index (χ2v) is 1.70. The molecule has 0 fully saturated rings. The maximum Gasteiger partial charge on any atom is 0.106 e. The first-order valence-corrected chi connectivity index (χ1v) is 2.90. The van der Waals surface area contributed by atoms with Crippen LogP contribution in [0.1, 0.15) is 5.56 Å². The number of oxime groups is 1. The summed E-state index contributed by atoms with van der Waals surface area (Å²) in [6.45, 7) is 0. The fourth-order valence-electron chi connectivity index (χ4n) is 0.563. The molecule has 10 heavy (non-hydrogen) atoms. The Morgan fingerprint density at radius 3 is 2.80 bits per heavy atom. The Hall–Kier alpha value is -1.38. The molecule has 0 saturated heterocycles. The van der Waals surface area contributed by atoms with Gasteiger partial charge in [0.05, 0.1) is 6.21 Å². The Kier molecular flexibility index (Phi) is 2.43. The highest BCUT2D eigenvalue weighted by molar-refractivity contribution is 5.78. The van der Waals surface area contributed by atoms with Gasteiger partial charge >= 0.3 is 0 Å². The number of aromatic nitrogens is 1. The van der Waals surface area contributed by atoms with Crippen LogP contribution in [0.15, 0.2) is 29.7 Å². The van der Waals surface area contributed by atoms with Gasteiger partial charge < -0.3 is 4.84 Å². The van der Waals surface area contributed by atoms with Crippen LogP contribution in [-0.4, -0.2) is 18.3 Å². The molecule has 1 rings (SSSR count). The summed E-state index contributed by atoms with van der Waals surface area (Å²) in [6, 6.07) is 3.70. The van der Waals surface area contributed by atoms with Crippen molar-refractivity contribution >= 4 is 6.21 Å². The van der Waals surface area contributed by atoms with E-state index in [1.54, 1.807) is 18.6 Å². The van der Waals surface area contributed by atoms with E-state index in [2.05, 4.69) is 15.0 Å². The minimum Gasteiger partial charge on any atom is -0.399 e. The second-order valence-electron chi connectivity index (χ2n) is 1.70. The predicted octanol–water partition coefficient (Wildman–Crippen LogP) is 1.06. The highest BCUT2D eigenvalue weighted by Gasteiger charge is 1.81. The number of rotatable bonds is 2. The van der Waals surface area contributed by atoms with Crippen LogP contribution >= 0.6 is 0 Å². The lowest BCUT2D eigenvalue weighted by atomic mass is 10.3. The van der Waals surface area contributed by atoms with Crippen molar-refractivity contribution in [3.8, 4) is 0 Å². The first kappa shape index (κ1) is 6.74. The summed E-state index contributed by atoms with van der Waals surface area (Å²) in [5, 5.41) is 3.59. The molecule has 0 amide bonds. The van der Waals surface area contributed by atoms with Gasteiger partial charge in [-0.25, -0.2) is 0 Å². The molecule has 0 aliphatic rings. The smallest absolute Gasteiger partial charge is 0.106 e. The Morgan fingerprint density at radius 1 is 1.50 bits per heavy atom. The Labute approximate surface area is 59.3 Å². The van der Waals surface area contributed by atoms with Gasteiger partial charge in [-0.1, -0.05) is 5.16 Å². The Morgan fingerprint density at radius 2 is 2.20 bits per heavy atom. The van der Waals surface area contributed by atoms with Gasteiger partial charge in [0.15, 0.2) is 0 Å². The normalized spacial score (nSPS) is 10.1. The number of pyridine rings is 1. The van der Waals surface area contributed by atoms with Gasteiger partial charge in [-0.2, -0.15) is 0 Å². The van der Waals surface area contributed by atoms with Crippen LogP contribution in [0.5, 0.6) is 0 Å². The quantitative estimate of drug-likeness (QED) is 0.450. The third kappa shape index (κ3) is 1.85. The van der Waals surface area contributed by atoms with Gasteiger partial charge in [-0.15, -0.1) is 0 Å². The minimum atomic E-state index is 0.983. The van der Waals surface area contributed by atoms with Crippen molar-refractivity contribution in [2.24, 2.45) is 5.16 Å². The van der Waals surface area contributed by atoms with Gasteiger partial charge in [0.2, 0.25) is 0 Å². The first-order chi connectivity index (χ1) is 4.93. The fourth-order valence-corrected chi connectivity index (χ4v) is 0.563. The molecule has 3 nitrogen and oxygen atoms in total. The largest absolute Gasteiger partial charge is 0.399 e. The summed E-state index contributed by atoms with van der Waals surface area (Å²) < 4.78 is 0. The SMILES string of the molecule is CO/N=C\c1ccncc1. The van der Waals surface area contributed by atoms with Crippen LogP contribution < -0.4 is 0 Å². The Balaban J connectivity index is 2.67. The molecule has 0 saturated carbocycles. The first-order valence-electron chi connectivity index (χ1n) is 2.90. The van der Waals surface area contributed by atoms with E-state index >= 15 is 0 Å². The molecule has 1 aromatic heterocycles. The van der Waals surface area contributed by atoms with E-state index in [4.69, 9.17) is 0 Å². The van der Waals surface area contributed by atoms with Gasteiger partial charge in [0, 0.05) is 12.4 Å². The zero-order chi connectivity index (χ0) is 7.23. The Bertz CT molecular complexity index is 208. The number of nitrogens with zero attached hydrogens (tertiary/aromatic N) is 2. The fraction of sp³-hybridized carbons (Fsp3) is 0.143. The lowest BCUT2D eigenvalue weighted by molar-refractivity contribution is 0.215. The van der Waals surface area contributed by atoms with Crippen molar-refractivity contribution in [3.63, 3.8) is 0 Å². The average molecular weight is 136 g/mol. The van der Waals surface area contributed by atoms with Crippen molar-refractivity contribution in [1.29, 1.82) is 0 Å². The molecule has 3 heteroatoms. The molecule has 0 radical (unpaired) electrons. The van der Waals surface area contributed by atoms with E-state index in [-0.39, 0.29) is 0 Å². The van der Waals surface area contributed by atoms with Gasteiger partial charge in [0.1, 0.15) is 7.11 Å². The van der Waals surface area contributed by atoms with Crippen molar-refractivity contribution in [3.05, 3.63) is 30.1 Å². The molecule has 0 spiro atoms. The van der Waals surface area contributed by atoms with E-state index in [1.165, 1.54) is 7.11 Å². The summed E-state index contributed by atoms with van der Waals surface area (Å²) in [5.41, 5.74) is 0.983. The summed E-state index contributed by atoms with van der Waals surface area (Å²) in [5.74, 6) is 0. The van der Waals surface area contributed by atoms with Gasteiger partial charge in [-0.3, -0.25) is 4.98 Å². The predicted molar refractivity (Wildman–Crippen MR) is 38.8 cm³/mol. The number of hydrogen-bond donors (Lipinski definition) is 0. The zero-order valence-corrected chi connectivity index (χ0v) is 5.69. The molecule has 0 atom stereocenters. The van der Waals surface area contributed by atoms with Crippen molar-refractivity contribution in [2.75, 3.05) is 7.11 Å². The molecular formula is C7H8N2O. The van der Waals surface area contributed by atoms with E-state index in [0.29, 0.717) is 0 Å². The van der Waals surface area contributed by atoms with Crippen LogP contribution in [0.3, 0.4) is 0 Å². The third-order valence-corrected chi connectivity index (χ3v) is 1.01. The van der Waals surface area contributed by atoms with E-state index in [0.717, 1.165) is 5.56 Å². The standard InChI is InChI=1S/C7H8N2O/c1-10-9-6-7-2-4-8-5-3-7/h2-6H,1H3/b9-6-. The van der Waals surface area contributed by atoms with E-state index in [9.17, 15) is 0 Å². The second kappa shape index (κ2) is 3.61. The lowest BCUT2D eigenvalue weighted by Crippen LogP contribution is -1.80. The molecule has 0 N–H and O–H groups in total. The molecule has 1 aromatic rings. The highest BCUT2D eigenvalue weighted by atomic mass is 16.6. The van der Waals surface area contributed by atoms with Crippen LogP contribution in [0.4, 0.5) is 0 Å². The van der Waals surface area contributed by atoms with Crippen molar-refractivity contribution in [2.45, 2.75) is 0 Å². The van der Waals surface area contributed by atoms with Crippen LogP contribution in [0.25, 0.3) is 0 Å². The summed E-state index contributed by atoms with van der Waals surface area (Å²) in [6.07, 6.45) is 5.04. The molecule has 0 aromatic carbocycles. The van der Waals surface area contributed by atoms with Gasteiger partial charge in [-0.05, 0) is 17.7 Å². The maximum atomic E-state index is 4.49. The topological polar surface area (TPSA) is 34.5 Å². The maximum absolute atomic E-state index is 4.49. The van der Waals surface area contributed by atoms with Crippen LogP contribution in [-0.2, 0) is 4.84 Å². The minimum absolute atomic E-state index is 0.983. The van der Waals surface area contributed by atoms with Gasteiger partial charge in [0.25, 0.3) is 0 Å². The van der Waals surface area contributed by atoms with E-state index in [1.807, 2.05) is 12.1 Å². The number of hydrogen-bond acceptors (Lipinski definition) is 3. The molecule has 0 aliphatic carbocycles. The van der Waals surface area contributed by atoms with E-state index < -0.39 is 0 Å². The third-order valence-electron chi connectivity index (χ3n) is 1.01. The zero-order valence-electron chi connectivity index (χ0n) is 5.69. The van der Waals surface area contributed by atoms with Crippen LogP contribution in [0.2, 0.25) is 0 Å². The highest BCUT2D eigenvalue weighted by Crippen LogP contribution is 1.90. The van der Waals surface area contributed by atoms with Crippen molar-refractivity contribution < 1.29 is 4.84 Å². The molecule has 0 unspecified atom stereocenters. The molecule has 0 bridgehead atoms. The lowest BCUT2D eigenvalue weighted by Gasteiger charge is -1.87. The van der Waals surface area contributed by atoms with Crippen molar-refractivity contribution in [1.82, 2.24) is 4.98 Å². The molecule has 52 valence electrons. The average Bonchev–Trinajstić information content (AvgIpc) is 2.03. The monoisotopic (exact) mass is 136 g/mol. The summed E-state index contributed by atoms with van der Waals surface area (Å²) in [7, 11) is 1.51.